The van der Waals surface area contributed by atoms with E-state index in [0.717, 1.165) is 27.3 Å². The summed E-state index contributed by atoms with van der Waals surface area (Å²) in [6.07, 6.45) is 0.242. The Bertz CT molecular complexity index is 753. The van der Waals surface area contributed by atoms with E-state index in [2.05, 4.69) is 0 Å². The number of benzene rings is 2. The zero-order valence-corrected chi connectivity index (χ0v) is 15.3. The van der Waals surface area contributed by atoms with E-state index in [1.165, 1.54) is 0 Å². The lowest BCUT2D eigenvalue weighted by atomic mass is 10.0. The first-order valence-electron chi connectivity index (χ1n) is 7.85. The van der Waals surface area contributed by atoms with Gasteiger partial charge in [-0.2, -0.15) is 0 Å². The molecule has 0 saturated carbocycles. The molecule has 1 atom stereocenters. The molecule has 2 aromatic rings. The van der Waals surface area contributed by atoms with Crippen molar-refractivity contribution in [2.75, 3.05) is 7.11 Å². The van der Waals surface area contributed by atoms with E-state index < -0.39 is 12.0 Å². The third kappa shape index (κ3) is 4.87. The van der Waals surface area contributed by atoms with E-state index in [0.29, 0.717) is 18.1 Å². The summed E-state index contributed by atoms with van der Waals surface area (Å²) in [4.78, 5) is 10.9. The van der Waals surface area contributed by atoms with Gasteiger partial charge in [0.2, 0.25) is 0 Å². The maximum atomic E-state index is 10.9. The van der Waals surface area contributed by atoms with Crippen molar-refractivity contribution in [3.63, 3.8) is 0 Å². The molecule has 0 saturated heterocycles. The van der Waals surface area contributed by atoms with E-state index in [9.17, 15) is 4.79 Å². The highest BCUT2D eigenvalue weighted by Gasteiger charge is 2.14. The molecule has 0 aliphatic heterocycles. The molecule has 5 nitrogen and oxygen atoms in total. The molecule has 1 unspecified atom stereocenters. The average molecular weight is 364 g/mol. The Morgan fingerprint density at radius 3 is 2.44 bits per heavy atom. The Morgan fingerprint density at radius 1 is 1.24 bits per heavy atom. The van der Waals surface area contributed by atoms with Crippen LogP contribution in [0.2, 0.25) is 5.02 Å². The Morgan fingerprint density at radius 2 is 1.88 bits per heavy atom. The first kappa shape index (κ1) is 19.1. The van der Waals surface area contributed by atoms with Crippen LogP contribution in [0.1, 0.15) is 22.3 Å². The molecule has 6 heteroatoms. The standard InChI is InChI=1S/C19H22ClNO4/c1-11-6-15(7-12(2)18(11)20)25-10-14-8-13(4-5-17(14)24-3)9-16(21)19(22)23/h4-8,16H,9-10,21H2,1-3H3,(H,22,23). The minimum absolute atomic E-state index is 0.242. The molecule has 3 N–H and O–H groups in total. The van der Waals surface area contributed by atoms with Gasteiger partial charge in [-0.05, 0) is 61.2 Å². The average Bonchev–Trinajstić information content (AvgIpc) is 2.57. The summed E-state index contributed by atoms with van der Waals surface area (Å²) in [5.41, 5.74) is 9.14. The van der Waals surface area contributed by atoms with Crippen LogP contribution in [0.4, 0.5) is 0 Å². The molecule has 0 fully saturated rings. The number of halogens is 1. The van der Waals surface area contributed by atoms with Crippen molar-refractivity contribution < 1.29 is 19.4 Å². The lowest BCUT2D eigenvalue weighted by Gasteiger charge is -2.14. The summed E-state index contributed by atoms with van der Waals surface area (Å²) in [6, 6.07) is 8.28. The van der Waals surface area contributed by atoms with Crippen LogP contribution < -0.4 is 15.2 Å². The molecule has 0 aliphatic rings. The minimum Gasteiger partial charge on any atom is -0.496 e. The van der Waals surface area contributed by atoms with Crippen molar-refractivity contribution in [2.24, 2.45) is 5.73 Å². The van der Waals surface area contributed by atoms with Crippen LogP contribution in [-0.2, 0) is 17.8 Å². The molecule has 0 aromatic heterocycles. The largest absolute Gasteiger partial charge is 0.496 e. The van der Waals surface area contributed by atoms with Crippen molar-refractivity contribution in [2.45, 2.75) is 32.9 Å². The number of rotatable bonds is 7. The zero-order valence-electron chi connectivity index (χ0n) is 14.5. The van der Waals surface area contributed by atoms with E-state index >= 15 is 0 Å². The van der Waals surface area contributed by atoms with Gasteiger partial charge in [-0.3, -0.25) is 4.79 Å². The number of carbonyl (C=O) groups is 1. The maximum absolute atomic E-state index is 10.9. The van der Waals surface area contributed by atoms with E-state index in [1.807, 2.05) is 38.1 Å². The van der Waals surface area contributed by atoms with Crippen molar-refractivity contribution in [1.29, 1.82) is 0 Å². The first-order valence-corrected chi connectivity index (χ1v) is 8.23. The third-order valence-corrected chi connectivity index (χ3v) is 4.52. The Balaban J connectivity index is 2.18. The molecular weight excluding hydrogens is 342 g/mol. The second-order valence-corrected chi connectivity index (χ2v) is 6.33. The monoisotopic (exact) mass is 363 g/mol. The van der Waals surface area contributed by atoms with Gasteiger partial charge in [0.25, 0.3) is 0 Å². The predicted octanol–water partition coefficient (Wildman–Crippen LogP) is 3.50. The smallest absolute Gasteiger partial charge is 0.320 e. The highest BCUT2D eigenvalue weighted by molar-refractivity contribution is 6.32. The van der Waals surface area contributed by atoms with Crippen LogP contribution in [-0.4, -0.2) is 24.2 Å². The number of methoxy groups -OCH3 is 1. The van der Waals surface area contributed by atoms with Gasteiger partial charge in [0.15, 0.2) is 0 Å². The predicted molar refractivity (Wildman–Crippen MR) is 97.6 cm³/mol. The number of aliphatic carboxylic acids is 1. The van der Waals surface area contributed by atoms with Crippen molar-refractivity contribution in [3.05, 3.63) is 57.6 Å². The minimum atomic E-state index is -1.03. The van der Waals surface area contributed by atoms with Gasteiger partial charge < -0.3 is 20.3 Å². The SMILES string of the molecule is COc1ccc(CC(N)C(=O)O)cc1COc1cc(C)c(Cl)c(C)c1. The number of hydrogen-bond acceptors (Lipinski definition) is 4. The normalized spacial score (nSPS) is 11.9. The summed E-state index contributed by atoms with van der Waals surface area (Å²) in [7, 11) is 1.58. The number of nitrogens with two attached hydrogens (primary N) is 1. The Kier molecular flexibility index (Phi) is 6.28. The lowest BCUT2D eigenvalue weighted by molar-refractivity contribution is -0.138. The molecule has 2 aromatic carbocycles. The van der Waals surface area contributed by atoms with Crippen LogP contribution in [0.25, 0.3) is 0 Å². The number of hydrogen-bond donors (Lipinski definition) is 2. The highest BCUT2D eigenvalue weighted by atomic mass is 35.5. The van der Waals surface area contributed by atoms with Gasteiger partial charge in [0.1, 0.15) is 24.1 Å². The topological polar surface area (TPSA) is 81.8 Å². The number of carboxylic acids is 1. The Labute approximate surface area is 152 Å². The van der Waals surface area contributed by atoms with Gasteiger partial charge in [-0.1, -0.05) is 17.7 Å². The summed E-state index contributed by atoms with van der Waals surface area (Å²) in [6.45, 7) is 4.15. The number of carboxylic acid groups (broad SMARTS) is 1. The molecule has 0 spiro atoms. The fourth-order valence-corrected chi connectivity index (χ4v) is 2.67. The van der Waals surface area contributed by atoms with Gasteiger partial charge >= 0.3 is 5.97 Å². The van der Waals surface area contributed by atoms with Gasteiger partial charge in [0.05, 0.1) is 7.11 Å². The summed E-state index contributed by atoms with van der Waals surface area (Å²) in [5, 5.41) is 9.69. The van der Waals surface area contributed by atoms with Gasteiger partial charge in [-0.15, -0.1) is 0 Å². The van der Waals surface area contributed by atoms with Crippen LogP contribution in [0, 0.1) is 13.8 Å². The summed E-state index contributed by atoms with van der Waals surface area (Å²) >= 11 is 6.17. The Hall–Kier alpha value is -2.24. The molecule has 0 aliphatic carbocycles. The van der Waals surface area contributed by atoms with Gasteiger partial charge in [-0.25, -0.2) is 0 Å². The van der Waals surface area contributed by atoms with Crippen molar-refractivity contribution >= 4 is 17.6 Å². The van der Waals surface area contributed by atoms with E-state index in [-0.39, 0.29) is 6.42 Å². The molecule has 25 heavy (non-hydrogen) atoms. The molecule has 0 bridgehead atoms. The van der Waals surface area contributed by atoms with E-state index in [4.69, 9.17) is 31.9 Å². The fourth-order valence-electron chi connectivity index (χ4n) is 2.56. The van der Waals surface area contributed by atoms with E-state index in [1.54, 1.807) is 13.2 Å². The number of ether oxygens (including phenoxy) is 2. The first-order chi connectivity index (χ1) is 11.8. The molecular formula is C19H22ClNO4. The molecule has 0 amide bonds. The molecule has 134 valence electrons. The van der Waals surface area contributed by atoms with Crippen molar-refractivity contribution in [3.8, 4) is 11.5 Å². The van der Waals surface area contributed by atoms with Crippen LogP contribution in [0.5, 0.6) is 11.5 Å². The summed E-state index contributed by atoms with van der Waals surface area (Å²) < 4.78 is 11.2. The second kappa shape index (κ2) is 8.23. The van der Waals surface area contributed by atoms with Crippen LogP contribution in [0.3, 0.4) is 0 Å². The maximum Gasteiger partial charge on any atom is 0.320 e. The van der Waals surface area contributed by atoms with Gasteiger partial charge in [0, 0.05) is 10.6 Å². The quantitative estimate of drug-likeness (QED) is 0.786. The second-order valence-electron chi connectivity index (χ2n) is 5.95. The zero-order chi connectivity index (χ0) is 18.6. The van der Waals surface area contributed by atoms with Crippen LogP contribution in [0.15, 0.2) is 30.3 Å². The molecule has 0 heterocycles. The molecule has 0 radical (unpaired) electrons. The van der Waals surface area contributed by atoms with Crippen molar-refractivity contribution in [1.82, 2.24) is 0 Å². The molecule has 2 rings (SSSR count). The third-order valence-electron chi connectivity index (χ3n) is 3.92. The summed E-state index contributed by atoms with van der Waals surface area (Å²) in [5.74, 6) is 0.366. The highest BCUT2D eigenvalue weighted by Crippen LogP contribution is 2.28. The lowest BCUT2D eigenvalue weighted by Crippen LogP contribution is -2.32. The van der Waals surface area contributed by atoms with Crippen LogP contribution >= 0.6 is 11.6 Å². The number of aryl methyl sites for hydroxylation is 2. The fraction of sp³-hybridized carbons (Fsp3) is 0.316.